The lowest BCUT2D eigenvalue weighted by Gasteiger charge is -2.07. The monoisotopic (exact) mass is 270 g/mol. The number of carbonyl (C=O) groups excluding carboxylic acids is 1. The van der Waals surface area contributed by atoms with Gasteiger partial charge in [-0.3, -0.25) is 4.79 Å². The quantitative estimate of drug-likeness (QED) is 0.848. The second-order valence-electron chi connectivity index (χ2n) is 4.23. The van der Waals surface area contributed by atoms with Gasteiger partial charge in [-0.1, -0.05) is 0 Å². The fourth-order valence-electron chi connectivity index (χ4n) is 1.80. The molecule has 98 valence electrons. The molecule has 0 bridgehead atoms. The first kappa shape index (κ1) is 13.0. The molecule has 0 aromatic carbocycles. The van der Waals surface area contributed by atoms with Crippen LogP contribution in [0.25, 0.3) is 0 Å². The highest BCUT2D eigenvalue weighted by Gasteiger charge is 2.28. The minimum atomic E-state index is -1.05. The van der Waals surface area contributed by atoms with Gasteiger partial charge in [0.05, 0.1) is 25.2 Å². The minimum Gasteiger partial charge on any atom is -0.476 e. The van der Waals surface area contributed by atoms with Crippen molar-refractivity contribution < 1.29 is 19.4 Å². The minimum absolute atomic E-state index is 0.0158. The van der Waals surface area contributed by atoms with Crippen LogP contribution in [0.3, 0.4) is 0 Å². The smallest absolute Gasteiger partial charge is 0.355 e. The van der Waals surface area contributed by atoms with Crippen molar-refractivity contribution in [1.29, 1.82) is 0 Å². The van der Waals surface area contributed by atoms with Gasteiger partial charge in [-0.05, 0) is 13.3 Å². The van der Waals surface area contributed by atoms with Crippen LogP contribution in [0.15, 0.2) is 5.38 Å². The molecule has 1 aliphatic heterocycles. The fraction of sp³-hybridized carbons (Fsp3) is 0.545. The number of nitrogens with zero attached hydrogens (tertiary/aromatic N) is 1. The number of carbonyl (C=O) groups is 2. The van der Waals surface area contributed by atoms with E-state index in [-0.39, 0.29) is 30.2 Å². The SMILES string of the molecule is CC1CC(C(=O)NCc2nc(C(=O)O)cs2)CO1. The van der Waals surface area contributed by atoms with E-state index in [2.05, 4.69) is 10.3 Å². The second kappa shape index (κ2) is 5.45. The van der Waals surface area contributed by atoms with Crippen molar-refractivity contribution in [3.8, 4) is 0 Å². The number of thiazole rings is 1. The second-order valence-corrected chi connectivity index (χ2v) is 5.17. The lowest BCUT2D eigenvalue weighted by atomic mass is 10.1. The molecule has 2 rings (SSSR count). The van der Waals surface area contributed by atoms with Crippen molar-refractivity contribution in [1.82, 2.24) is 10.3 Å². The van der Waals surface area contributed by atoms with Crippen LogP contribution in [-0.2, 0) is 16.1 Å². The van der Waals surface area contributed by atoms with Crippen molar-refractivity contribution in [2.75, 3.05) is 6.61 Å². The Kier molecular flexibility index (Phi) is 3.93. The van der Waals surface area contributed by atoms with Crippen LogP contribution in [-0.4, -0.2) is 34.7 Å². The molecule has 1 aromatic rings. The molecule has 2 heterocycles. The van der Waals surface area contributed by atoms with Gasteiger partial charge in [-0.15, -0.1) is 11.3 Å². The Labute approximate surface area is 108 Å². The first-order valence-electron chi connectivity index (χ1n) is 5.63. The van der Waals surface area contributed by atoms with E-state index in [0.717, 1.165) is 6.42 Å². The predicted octanol–water partition coefficient (Wildman–Crippen LogP) is 0.883. The number of carboxylic acid groups (broad SMARTS) is 1. The summed E-state index contributed by atoms with van der Waals surface area (Å²) in [6.07, 6.45) is 0.851. The van der Waals surface area contributed by atoms with Crippen molar-refractivity contribution in [3.63, 3.8) is 0 Å². The van der Waals surface area contributed by atoms with Crippen molar-refractivity contribution in [3.05, 3.63) is 16.1 Å². The van der Waals surface area contributed by atoms with E-state index in [1.54, 1.807) is 0 Å². The van der Waals surface area contributed by atoms with Gasteiger partial charge in [-0.2, -0.15) is 0 Å². The zero-order valence-electron chi connectivity index (χ0n) is 9.88. The predicted molar refractivity (Wildman–Crippen MR) is 64.4 cm³/mol. The van der Waals surface area contributed by atoms with E-state index in [1.807, 2.05) is 6.92 Å². The molecule has 1 amide bonds. The first-order chi connectivity index (χ1) is 8.56. The van der Waals surface area contributed by atoms with E-state index in [0.29, 0.717) is 11.6 Å². The molecule has 1 aliphatic rings. The Morgan fingerprint density at radius 2 is 2.44 bits per heavy atom. The summed E-state index contributed by atoms with van der Waals surface area (Å²) in [6.45, 7) is 2.65. The molecule has 2 N–H and O–H groups in total. The third-order valence-electron chi connectivity index (χ3n) is 2.75. The Morgan fingerprint density at radius 3 is 3.00 bits per heavy atom. The number of amides is 1. The lowest BCUT2D eigenvalue weighted by Crippen LogP contribution is -2.30. The number of aromatic carboxylic acids is 1. The van der Waals surface area contributed by atoms with Gasteiger partial charge in [0.2, 0.25) is 5.91 Å². The van der Waals surface area contributed by atoms with Gasteiger partial charge in [-0.25, -0.2) is 9.78 Å². The average Bonchev–Trinajstić information content (AvgIpc) is 2.94. The molecule has 2 atom stereocenters. The van der Waals surface area contributed by atoms with E-state index in [1.165, 1.54) is 16.7 Å². The maximum atomic E-state index is 11.8. The summed E-state index contributed by atoms with van der Waals surface area (Å²) < 4.78 is 5.32. The molecule has 6 nitrogen and oxygen atoms in total. The number of ether oxygens (including phenoxy) is 1. The van der Waals surface area contributed by atoms with Crippen LogP contribution in [0.4, 0.5) is 0 Å². The summed E-state index contributed by atoms with van der Waals surface area (Å²) in [7, 11) is 0. The molecule has 0 aliphatic carbocycles. The molecule has 0 saturated carbocycles. The van der Waals surface area contributed by atoms with Crippen LogP contribution in [0.2, 0.25) is 0 Å². The molecule has 1 saturated heterocycles. The average molecular weight is 270 g/mol. The van der Waals surface area contributed by atoms with Gasteiger partial charge in [0.25, 0.3) is 0 Å². The highest BCUT2D eigenvalue weighted by Crippen LogP contribution is 2.19. The Bertz CT molecular complexity index is 460. The van der Waals surface area contributed by atoms with Crippen LogP contribution >= 0.6 is 11.3 Å². The van der Waals surface area contributed by atoms with Gasteiger partial charge >= 0.3 is 5.97 Å². The maximum Gasteiger partial charge on any atom is 0.355 e. The topological polar surface area (TPSA) is 88.5 Å². The summed E-state index contributed by atoms with van der Waals surface area (Å²) in [4.78, 5) is 26.3. The summed E-state index contributed by atoms with van der Waals surface area (Å²) in [5.74, 6) is -1.23. The van der Waals surface area contributed by atoms with Crippen molar-refractivity contribution in [2.24, 2.45) is 5.92 Å². The Balaban J connectivity index is 1.83. The van der Waals surface area contributed by atoms with Crippen molar-refractivity contribution >= 4 is 23.2 Å². The molecular weight excluding hydrogens is 256 g/mol. The van der Waals surface area contributed by atoms with Gasteiger partial charge < -0.3 is 15.2 Å². The molecule has 2 unspecified atom stereocenters. The zero-order chi connectivity index (χ0) is 13.1. The molecule has 18 heavy (non-hydrogen) atoms. The largest absolute Gasteiger partial charge is 0.476 e. The maximum absolute atomic E-state index is 11.8. The fourth-order valence-corrected chi connectivity index (χ4v) is 2.51. The van der Waals surface area contributed by atoms with E-state index < -0.39 is 5.97 Å². The third kappa shape index (κ3) is 3.05. The summed E-state index contributed by atoms with van der Waals surface area (Å²) >= 11 is 1.23. The standard InChI is InChI=1S/C11H14N2O4S/c1-6-2-7(4-17-6)10(14)12-3-9-13-8(5-18-9)11(15)16/h5-7H,2-4H2,1H3,(H,12,14)(H,15,16). The summed E-state index contributed by atoms with van der Waals surface area (Å²) in [5.41, 5.74) is 0.0158. The van der Waals surface area contributed by atoms with Crippen molar-refractivity contribution in [2.45, 2.75) is 26.0 Å². The Morgan fingerprint density at radius 1 is 1.67 bits per heavy atom. The number of aromatic nitrogens is 1. The van der Waals surface area contributed by atoms with Gasteiger partial charge in [0.15, 0.2) is 5.69 Å². The number of carboxylic acids is 1. The van der Waals surface area contributed by atoms with Crippen LogP contribution in [0.1, 0.15) is 28.8 Å². The normalized spacial score (nSPS) is 22.9. The molecule has 0 spiro atoms. The molecule has 7 heteroatoms. The molecule has 0 radical (unpaired) electrons. The third-order valence-corrected chi connectivity index (χ3v) is 3.60. The summed E-state index contributed by atoms with van der Waals surface area (Å²) in [5, 5.41) is 13.5. The van der Waals surface area contributed by atoms with Gasteiger partial charge in [0, 0.05) is 5.38 Å². The molecular formula is C11H14N2O4S. The summed E-state index contributed by atoms with van der Waals surface area (Å²) in [6, 6.07) is 0. The highest BCUT2D eigenvalue weighted by atomic mass is 32.1. The number of rotatable bonds is 4. The van der Waals surface area contributed by atoms with Crippen LogP contribution in [0.5, 0.6) is 0 Å². The van der Waals surface area contributed by atoms with E-state index in [9.17, 15) is 9.59 Å². The number of hydrogen-bond donors (Lipinski definition) is 2. The first-order valence-corrected chi connectivity index (χ1v) is 6.51. The Hall–Kier alpha value is -1.47. The highest BCUT2D eigenvalue weighted by molar-refractivity contribution is 7.09. The zero-order valence-corrected chi connectivity index (χ0v) is 10.7. The lowest BCUT2D eigenvalue weighted by molar-refractivity contribution is -0.125. The van der Waals surface area contributed by atoms with Gasteiger partial charge in [0.1, 0.15) is 5.01 Å². The number of hydrogen-bond acceptors (Lipinski definition) is 5. The van der Waals surface area contributed by atoms with Crippen LogP contribution < -0.4 is 5.32 Å². The van der Waals surface area contributed by atoms with Crippen LogP contribution in [0, 0.1) is 5.92 Å². The number of nitrogens with one attached hydrogen (secondary N) is 1. The van der Waals surface area contributed by atoms with E-state index >= 15 is 0 Å². The molecule has 1 aromatic heterocycles. The molecule has 1 fully saturated rings. The van der Waals surface area contributed by atoms with E-state index in [4.69, 9.17) is 9.84 Å².